The number of carbonyl (C=O) groups excluding carboxylic acids is 2. The van der Waals surface area contributed by atoms with E-state index >= 15 is 0 Å². The van der Waals surface area contributed by atoms with Gasteiger partial charge in [-0.25, -0.2) is 9.59 Å². The summed E-state index contributed by atoms with van der Waals surface area (Å²) in [5.74, 6) is -0.908. The summed E-state index contributed by atoms with van der Waals surface area (Å²) < 4.78 is 11.4. The second-order valence-electron chi connectivity index (χ2n) is 3.06. The van der Waals surface area contributed by atoms with Gasteiger partial charge >= 0.3 is 11.9 Å². The lowest BCUT2D eigenvalue weighted by molar-refractivity contribution is -0.129. The van der Waals surface area contributed by atoms with Gasteiger partial charge in [-0.05, 0) is 53.9 Å². The molecule has 100 valence electrons. The van der Waals surface area contributed by atoms with Crippen LogP contribution in [0.2, 0.25) is 0 Å². The molecule has 0 heterocycles. The molecule has 1 aromatic carbocycles. The van der Waals surface area contributed by atoms with Crippen LogP contribution in [0.3, 0.4) is 0 Å². The maximum absolute atomic E-state index is 11.3. The first kappa shape index (κ1) is 16.1. The summed E-state index contributed by atoms with van der Waals surface area (Å²) in [7, 11) is 0. The lowest BCUT2D eigenvalue weighted by atomic mass is 10.3. The van der Waals surface area contributed by atoms with Gasteiger partial charge in [-0.15, -0.1) is 0 Å². The van der Waals surface area contributed by atoms with Crippen LogP contribution < -0.4 is 9.47 Å². The fraction of sp³-hybridized carbons (Fsp3) is 0. The van der Waals surface area contributed by atoms with Crippen molar-refractivity contribution in [1.82, 2.24) is 0 Å². The van der Waals surface area contributed by atoms with Crippen molar-refractivity contribution >= 4 is 59.7 Å². The minimum atomic E-state index is -0.638. The van der Waals surface area contributed by atoms with Gasteiger partial charge in [0, 0.05) is 16.6 Å². The zero-order valence-electron chi connectivity index (χ0n) is 9.41. The molecule has 4 nitrogen and oxygen atoms in total. The molecule has 19 heavy (non-hydrogen) atoms. The van der Waals surface area contributed by atoms with Crippen LogP contribution in [0, 0.1) is 0 Å². The molecule has 0 atom stereocenters. The molecule has 0 aliphatic carbocycles. The smallest absolute Gasteiger partial charge is 0.335 e. The maximum Gasteiger partial charge on any atom is 0.335 e. The molecule has 1 aromatic rings. The fourth-order valence-corrected chi connectivity index (χ4v) is 2.54. The molecule has 0 radical (unpaired) electrons. The first-order chi connectivity index (χ1) is 8.90. The van der Waals surface area contributed by atoms with E-state index in [1.807, 2.05) is 0 Å². The Bertz CT molecular complexity index is 567. The maximum atomic E-state index is 11.3. The average molecular weight is 455 g/mol. The van der Waals surface area contributed by atoms with E-state index in [4.69, 9.17) is 9.47 Å². The Labute approximate surface area is 134 Å². The van der Waals surface area contributed by atoms with Gasteiger partial charge in [0.2, 0.25) is 0 Å². The molecule has 0 saturated heterocycles. The third-order valence-corrected chi connectivity index (χ3v) is 4.52. The van der Waals surface area contributed by atoms with E-state index in [-0.39, 0.29) is 11.5 Å². The molecule has 1 rings (SSSR count). The molecule has 7 heteroatoms. The molecular formula is C12H7Br3O4. The van der Waals surface area contributed by atoms with Gasteiger partial charge in [0.1, 0.15) is 10.2 Å². The number of esters is 2. The second-order valence-corrected chi connectivity index (χ2v) is 5.50. The lowest BCUT2D eigenvalue weighted by Crippen LogP contribution is -2.07. The number of benzene rings is 1. The minimum Gasteiger partial charge on any atom is -0.422 e. The first-order valence-corrected chi connectivity index (χ1v) is 7.14. The monoisotopic (exact) mass is 452 g/mol. The van der Waals surface area contributed by atoms with Crippen LogP contribution in [0.1, 0.15) is 0 Å². The molecule has 0 fully saturated rings. The first-order valence-electron chi connectivity index (χ1n) is 4.76. The molecule has 0 aliphatic heterocycles. The summed E-state index contributed by atoms with van der Waals surface area (Å²) in [6.45, 7) is 6.61. The van der Waals surface area contributed by atoms with Gasteiger partial charge in [0.15, 0.2) is 5.75 Å². The summed E-state index contributed by atoms with van der Waals surface area (Å²) in [5.41, 5.74) is 0. The fourth-order valence-electron chi connectivity index (χ4n) is 1.01. The van der Waals surface area contributed by atoms with Gasteiger partial charge < -0.3 is 9.47 Å². The number of halogens is 3. The Hall–Kier alpha value is -0.920. The molecule has 0 amide bonds. The van der Waals surface area contributed by atoms with Crippen LogP contribution in [0.4, 0.5) is 0 Å². The highest BCUT2D eigenvalue weighted by atomic mass is 79.9. The van der Waals surface area contributed by atoms with Crippen LogP contribution >= 0.6 is 47.8 Å². The molecular weight excluding hydrogens is 448 g/mol. The SMILES string of the molecule is C=CC(=O)Oc1cc(Br)c(Br)c(OC(=O)C=C)c1Br. The van der Waals surface area contributed by atoms with Gasteiger partial charge in [-0.2, -0.15) is 0 Å². The van der Waals surface area contributed by atoms with Gasteiger partial charge in [0.25, 0.3) is 0 Å². The van der Waals surface area contributed by atoms with Crippen LogP contribution in [-0.4, -0.2) is 11.9 Å². The standard InChI is InChI=1S/C12H7Br3O4/c1-3-8(16)18-7-5-6(13)10(14)12(11(7)15)19-9(17)4-2/h3-5H,1-2H2. The molecule has 0 aliphatic rings. The third-order valence-electron chi connectivity index (χ3n) is 1.83. The van der Waals surface area contributed by atoms with Crippen molar-refractivity contribution in [2.75, 3.05) is 0 Å². The molecule has 0 spiro atoms. The number of ether oxygens (including phenoxy) is 2. The second kappa shape index (κ2) is 7.02. The topological polar surface area (TPSA) is 52.6 Å². The van der Waals surface area contributed by atoms with Crippen LogP contribution in [0.25, 0.3) is 0 Å². The largest absolute Gasteiger partial charge is 0.422 e. The van der Waals surface area contributed by atoms with Crippen molar-refractivity contribution in [3.05, 3.63) is 44.8 Å². The Morgan fingerprint density at radius 1 is 1.00 bits per heavy atom. The summed E-state index contributed by atoms with van der Waals surface area (Å²) in [4.78, 5) is 22.5. The van der Waals surface area contributed by atoms with Crippen molar-refractivity contribution in [1.29, 1.82) is 0 Å². The Morgan fingerprint density at radius 2 is 1.53 bits per heavy atom. The summed E-state index contributed by atoms with van der Waals surface area (Å²) in [6, 6.07) is 1.54. The third kappa shape index (κ3) is 4.02. The van der Waals surface area contributed by atoms with Crippen molar-refractivity contribution < 1.29 is 19.1 Å². The molecule has 0 N–H and O–H groups in total. The number of rotatable bonds is 4. The quantitative estimate of drug-likeness (QED) is 0.297. The minimum absolute atomic E-state index is 0.172. The normalized spacial score (nSPS) is 9.63. The predicted molar refractivity (Wildman–Crippen MR) is 81.2 cm³/mol. The zero-order valence-corrected chi connectivity index (χ0v) is 14.2. The highest BCUT2D eigenvalue weighted by Crippen LogP contribution is 2.44. The highest BCUT2D eigenvalue weighted by molar-refractivity contribution is 9.13. The Balaban J connectivity index is 3.29. The average Bonchev–Trinajstić information content (AvgIpc) is 2.40. The van der Waals surface area contributed by atoms with Crippen molar-refractivity contribution in [2.24, 2.45) is 0 Å². The van der Waals surface area contributed by atoms with E-state index in [0.717, 1.165) is 12.2 Å². The molecule has 0 aromatic heterocycles. The lowest BCUT2D eigenvalue weighted by Gasteiger charge is -2.12. The molecule has 0 saturated carbocycles. The summed E-state index contributed by atoms with van der Waals surface area (Å²) in [5, 5.41) is 0. The van der Waals surface area contributed by atoms with Crippen molar-refractivity contribution in [3.63, 3.8) is 0 Å². The number of hydrogen-bond donors (Lipinski definition) is 0. The van der Waals surface area contributed by atoms with Gasteiger partial charge in [-0.3, -0.25) is 0 Å². The van der Waals surface area contributed by atoms with Crippen LogP contribution in [0.5, 0.6) is 11.5 Å². The van der Waals surface area contributed by atoms with E-state index in [2.05, 4.69) is 60.9 Å². The number of carbonyl (C=O) groups is 2. The Kier molecular flexibility index (Phi) is 5.96. The van der Waals surface area contributed by atoms with Gasteiger partial charge in [-0.1, -0.05) is 13.2 Å². The van der Waals surface area contributed by atoms with E-state index in [1.165, 1.54) is 0 Å². The Morgan fingerprint density at radius 3 is 2.05 bits per heavy atom. The van der Waals surface area contributed by atoms with E-state index in [0.29, 0.717) is 13.4 Å². The van der Waals surface area contributed by atoms with E-state index in [1.54, 1.807) is 6.07 Å². The van der Waals surface area contributed by atoms with Crippen LogP contribution in [-0.2, 0) is 9.59 Å². The highest BCUT2D eigenvalue weighted by Gasteiger charge is 2.19. The number of hydrogen-bond acceptors (Lipinski definition) is 4. The predicted octanol–water partition coefficient (Wildman–Crippen LogP) is 4.16. The summed E-state index contributed by atoms with van der Waals surface area (Å²) >= 11 is 9.72. The van der Waals surface area contributed by atoms with Crippen molar-refractivity contribution in [2.45, 2.75) is 0 Å². The van der Waals surface area contributed by atoms with E-state index in [9.17, 15) is 9.59 Å². The summed E-state index contributed by atoms with van der Waals surface area (Å²) in [6.07, 6.45) is 2.05. The van der Waals surface area contributed by atoms with Gasteiger partial charge in [0.05, 0.1) is 4.47 Å². The molecule has 0 bridgehead atoms. The molecule has 0 unspecified atom stereocenters. The van der Waals surface area contributed by atoms with Crippen molar-refractivity contribution in [3.8, 4) is 11.5 Å². The van der Waals surface area contributed by atoms with Crippen LogP contribution in [0.15, 0.2) is 44.8 Å². The zero-order chi connectivity index (χ0) is 14.6. The van der Waals surface area contributed by atoms with E-state index < -0.39 is 11.9 Å².